The van der Waals surface area contributed by atoms with Crippen molar-refractivity contribution in [2.45, 2.75) is 12.8 Å². The summed E-state index contributed by atoms with van der Waals surface area (Å²) in [4.78, 5) is 0.419. The molecule has 0 spiro atoms. The molecule has 0 aliphatic carbocycles. The summed E-state index contributed by atoms with van der Waals surface area (Å²) in [5.74, 6) is 0.682. The van der Waals surface area contributed by atoms with Crippen LogP contribution in [-0.2, 0) is 4.74 Å². The summed E-state index contributed by atoms with van der Waals surface area (Å²) < 4.78 is 6.35. The minimum absolute atomic E-state index is 0.419. The molecule has 2 rings (SSSR count). The highest BCUT2D eigenvalue weighted by Gasteiger charge is 2.15. The normalized spacial score (nSPS) is 18.8. The number of hydrogen-bond acceptors (Lipinski definition) is 3. The van der Waals surface area contributed by atoms with Crippen LogP contribution in [0, 0.1) is 5.92 Å². The number of rotatable bonds is 5. The third kappa shape index (κ3) is 3.67. The second kappa shape index (κ2) is 6.50. The molecule has 0 amide bonds. The van der Waals surface area contributed by atoms with Crippen LogP contribution in [0.3, 0.4) is 0 Å². The summed E-state index contributed by atoms with van der Waals surface area (Å²) in [6.45, 7) is 2.72. The SMILES string of the molecule is NC(=S)c1cc(Br)ccc1NCCC1CCOC1. The Morgan fingerprint density at radius 1 is 1.56 bits per heavy atom. The number of nitrogens with two attached hydrogens (primary N) is 1. The van der Waals surface area contributed by atoms with Gasteiger partial charge in [0.05, 0.1) is 0 Å². The predicted molar refractivity (Wildman–Crippen MR) is 82.1 cm³/mol. The number of hydrogen-bond donors (Lipinski definition) is 2. The van der Waals surface area contributed by atoms with Gasteiger partial charge in [-0.15, -0.1) is 0 Å². The molecule has 1 aliphatic rings. The zero-order valence-corrected chi connectivity index (χ0v) is 12.5. The van der Waals surface area contributed by atoms with E-state index in [0.29, 0.717) is 10.9 Å². The Labute approximate surface area is 121 Å². The van der Waals surface area contributed by atoms with Crippen molar-refractivity contribution in [2.75, 3.05) is 25.1 Å². The lowest BCUT2D eigenvalue weighted by Gasteiger charge is -2.13. The Kier molecular flexibility index (Phi) is 4.97. The summed E-state index contributed by atoms with van der Waals surface area (Å²) in [6, 6.07) is 5.94. The highest BCUT2D eigenvalue weighted by Crippen LogP contribution is 2.22. The minimum atomic E-state index is 0.419. The molecule has 1 unspecified atom stereocenters. The number of benzene rings is 1. The third-order valence-corrected chi connectivity index (χ3v) is 3.85. The summed E-state index contributed by atoms with van der Waals surface area (Å²) in [6.07, 6.45) is 2.29. The molecule has 5 heteroatoms. The summed E-state index contributed by atoms with van der Waals surface area (Å²) >= 11 is 8.49. The van der Waals surface area contributed by atoms with E-state index in [2.05, 4.69) is 21.2 Å². The molecule has 1 heterocycles. The molecule has 3 N–H and O–H groups in total. The highest BCUT2D eigenvalue weighted by atomic mass is 79.9. The lowest BCUT2D eigenvalue weighted by Crippen LogP contribution is -2.15. The van der Waals surface area contributed by atoms with Gasteiger partial charge in [-0.3, -0.25) is 0 Å². The first kappa shape index (κ1) is 13.8. The third-order valence-electron chi connectivity index (χ3n) is 3.14. The van der Waals surface area contributed by atoms with Crippen LogP contribution in [-0.4, -0.2) is 24.7 Å². The molecular formula is C13H17BrN2OS. The van der Waals surface area contributed by atoms with Gasteiger partial charge in [-0.1, -0.05) is 28.1 Å². The summed E-state index contributed by atoms with van der Waals surface area (Å²) in [7, 11) is 0. The van der Waals surface area contributed by atoms with Gasteiger partial charge < -0.3 is 15.8 Å². The van der Waals surface area contributed by atoms with Gasteiger partial charge in [0.25, 0.3) is 0 Å². The Morgan fingerprint density at radius 3 is 3.06 bits per heavy atom. The average Bonchev–Trinajstić information content (AvgIpc) is 2.84. The van der Waals surface area contributed by atoms with Crippen LogP contribution in [0.15, 0.2) is 22.7 Å². The maximum absolute atomic E-state index is 5.73. The van der Waals surface area contributed by atoms with E-state index in [1.807, 2.05) is 18.2 Å². The smallest absolute Gasteiger partial charge is 0.106 e. The quantitative estimate of drug-likeness (QED) is 0.816. The number of ether oxygens (including phenoxy) is 1. The van der Waals surface area contributed by atoms with Crippen LogP contribution >= 0.6 is 28.1 Å². The second-order valence-corrected chi connectivity index (χ2v) is 5.85. The maximum atomic E-state index is 5.73. The topological polar surface area (TPSA) is 47.3 Å². The van der Waals surface area contributed by atoms with E-state index >= 15 is 0 Å². The fraction of sp³-hybridized carbons (Fsp3) is 0.462. The molecule has 3 nitrogen and oxygen atoms in total. The molecule has 1 aromatic rings. The lowest BCUT2D eigenvalue weighted by molar-refractivity contribution is 0.185. The van der Waals surface area contributed by atoms with Gasteiger partial charge in [-0.25, -0.2) is 0 Å². The first-order valence-corrected chi connectivity index (χ1v) is 7.28. The van der Waals surface area contributed by atoms with Crippen LogP contribution in [0.25, 0.3) is 0 Å². The molecule has 1 saturated heterocycles. The number of halogens is 1. The van der Waals surface area contributed by atoms with E-state index in [9.17, 15) is 0 Å². The molecular weight excluding hydrogens is 312 g/mol. The summed E-state index contributed by atoms with van der Waals surface area (Å²) in [5.41, 5.74) is 7.62. The molecule has 0 aromatic heterocycles. The molecule has 1 aliphatic heterocycles. The zero-order chi connectivity index (χ0) is 13.0. The van der Waals surface area contributed by atoms with Gasteiger partial charge in [-0.05, 0) is 37.0 Å². The molecule has 1 fully saturated rings. The van der Waals surface area contributed by atoms with Crippen LogP contribution in [0.1, 0.15) is 18.4 Å². The van der Waals surface area contributed by atoms with Crippen molar-refractivity contribution in [3.05, 3.63) is 28.2 Å². The zero-order valence-electron chi connectivity index (χ0n) is 10.1. The fourth-order valence-electron chi connectivity index (χ4n) is 2.10. The van der Waals surface area contributed by atoms with Crippen molar-refractivity contribution in [1.82, 2.24) is 0 Å². The molecule has 0 radical (unpaired) electrons. The van der Waals surface area contributed by atoms with E-state index in [1.165, 1.54) is 6.42 Å². The first-order chi connectivity index (χ1) is 8.66. The highest BCUT2D eigenvalue weighted by molar-refractivity contribution is 9.10. The standard InChI is InChI=1S/C13H17BrN2OS/c14-10-1-2-12(11(7-10)13(15)18)16-5-3-9-4-6-17-8-9/h1-2,7,9,16H,3-6,8H2,(H2,15,18). The number of nitrogens with one attached hydrogen (secondary N) is 1. The number of thiocarbonyl (C=S) groups is 1. The molecule has 98 valence electrons. The van der Waals surface area contributed by atoms with Crippen molar-refractivity contribution in [2.24, 2.45) is 11.7 Å². The largest absolute Gasteiger partial charge is 0.389 e. The van der Waals surface area contributed by atoms with Crippen LogP contribution in [0.2, 0.25) is 0 Å². The average molecular weight is 329 g/mol. The van der Waals surface area contributed by atoms with Crippen molar-refractivity contribution in [1.29, 1.82) is 0 Å². The Hall–Kier alpha value is -0.650. The van der Waals surface area contributed by atoms with E-state index < -0.39 is 0 Å². The predicted octanol–water partition coefficient (Wildman–Crippen LogP) is 2.92. The fourth-order valence-corrected chi connectivity index (χ4v) is 2.63. The van der Waals surface area contributed by atoms with Crippen LogP contribution in [0.5, 0.6) is 0 Å². The van der Waals surface area contributed by atoms with Gasteiger partial charge in [0, 0.05) is 35.5 Å². The Balaban J connectivity index is 1.93. The molecule has 18 heavy (non-hydrogen) atoms. The Morgan fingerprint density at radius 2 is 2.39 bits per heavy atom. The molecule has 0 saturated carbocycles. The number of anilines is 1. The van der Waals surface area contributed by atoms with Crippen LogP contribution < -0.4 is 11.1 Å². The van der Waals surface area contributed by atoms with Crippen molar-refractivity contribution in [3.8, 4) is 0 Å². The van der Waals surface area contributed by atoms with Gasteiger partial charge in [0.1, 0.15) is 4.99 Å². The van der Waals surface area contributed by atoms with Gasteiger partial charge in [0.2, 0.25) is 0 Å². The minimum Gasteiger partial charge on any atom is -0.389 e. The second-order valence-electron chi connectivity index (χ2n) is 4.50. The molecule has 1 atom stereocenters. The maximum Gasteiger partial charge on any atom is 0.106 e. The Bertz CT molecular complexity index is 433. The molecule has 0 bridgehead atoms. The first-order valence-electron chi connectivity index (χ1n) is 6.08. The lowest BCUT2D eigenvalue weighted by atomic mass is 10.1. The summed E-state index contributed by atoms with van der Waals surface area (Å²) in [5, 5.41) is 3.40. The van der Waals surface area contributed by atoms with Crippen molar-refractivity contribution in [3.63, 3.8) is 0 Å². The van der Waals surface area contributed by atoms with E-state index in [1.54, 1.807) is 0 Å². The van der Waals surface area contributed by atoms with Gasteiger partial charge in [0.15, 0.2) is 0 Å². The van der Waals surface area contributed by atoms with Gasteiger partial charge in [-0.2, -0.15) is 0 Å². The van der Waals surface area contributed by atoms with E-state index in [0.717, 1.165) is 41.9 Å². The van der Waals surface area contributed by atoms with E-state index in [-0.39, 0.29) is 0 Å². The van der Waals surface area contributed by atoms with E-state index in [4.69, 9.17) is 22.7 Å². The monoisotopic (exact) mass is 328 g/mol. The van der Waals surface area contributed by atoms with Crippen LogP contribution in [0.4, 0.5) is 5.69 Å². The van der Waals surface area contributed by atoms with Crippen molar-refractivity contribution < 1.29 is 4.74 Å². The molecule has 1 aromatic carbocycles. The van der Waals surface area contributed by atoms with Crippen molar-refractivity contribution >= 4 is 38.8 Å². The van der Waals surface area contributed by atoms with Gasteiger partial charge >= 0.3 is 0 Å².